The predicted octanol–water partition coefficient (Wildman–Crippen LogP) is 2.31. The summed E-state index contributed by atoms with van der Waals surface area (Å²) in [4.78, 5) is 54.8. The molecule has 9 nitrogen and oxygen atoms in total. The first-order valence-electron chi connectivity index (χ1n) is 11.0. The van der Waals surface area contributed by atoms with Crippen LogP contribution in [0.25, 0.3) is 16.6 Å². The van der Waals surface area contributed by atoms with Crippen molar-refractivity contribution in [3.8, 4) is 11.4 Å². The average molecular weight is 491 g/mol. The van der Waals surface area contributed by atoms with Crippen LogP contribution in [-0.2, 0) is 11.3 Å². The SMILES string of the molecule is CNC(=O)c1sccc1-n1c(=O)c2ccccc2n(CC(=O)N2CCOc3ccc(C)cc32)c1=O. The van der Waals surface area contributed by atoms with Gasteiger partial charge in [0.15, 0.2) is 0 Å². The van der Waals surface area contributed by atoms with E-state index < -0.39 is 17.2 Å². The van der Waals surface area contributed by atoms with Crippen molar-refractivity contribution in [3.05, 3.63) is 85.2 Å². The van der Waals surface area contributed by atoms with Crippen molar-refractivity contribution in [2.45, 2.75) is 13.5 Å². The maximum atomic E-state index is 13.7. The van der Waals surface area contributed by atoms with Crippen molar-refractivity contribution in [1.29, 1.82) is 0 Å². The summed E-state index contributed by atoms with van der Waals surface area (Å²) < 4.78 is 7.94. The van der Waals surface area contributed by atoms with Gasteiger partial charge in [0.2, 0.25) is 5.91 Å². The lowest BCUT2D eigenvalue weighted by atomic mass is 10.1. The number of fused-ring (bicyclic) bond motifs is 2. The molecule has 178 valence electrons. The molecule has 1 aliphatic rings. The van der Waals surface area contributed by atoms with Gasteiger partial charge in [-0.1, -0.05) is 18.2 Å². The number of ether oxygens (including phenoxy) is 1. The van der Waals surface area contributed by atoms with Gasteiger partial charge in [-0.25, -0.2) is 9.36 Å². The standard InChI is InChI=1S/C25H22N4O5S/c1-15-7-8-20-19(13-15)27(10-11-34-20)21(30)14-28-17-6-4-3-5-16(17)24(32)29(25(28)33)18-9-12-35-22(18)23(31)26-2/h3-9,12-13H,10-11,14H2,1-2H3,(H,26,31). The summed E-state index contributed by atoms with van der Waals surface area (Å²) >= 11 is 1.13. The molecule has 35 heavy (non-hydrogen) atoms. The molecule has 0 unspecified atom stereocenters. The molecule has 2 aromatic carbocycles. The van der Waals surface area contributed by atoms with Crippen LogP contribution in [0.4, 0.5) is 5.69 Å². The van der Waals surface area contributed by atoms with Gasteiger partial charge in [0.05, 0.1) is 28.8 Å². The van der Waals surface area contributed by atoms with E-state index in [9.17, 15) is 19.2 Å². The molecule has 2 aromatic heterocycles. The Bertz CT molecular complexity index is 1600. The van der Waals surface area contributed by atoms with Crippen molar-refractivity contribution in [1.82, 2.24) is 14.5 Å². The number of carbonyl (C=O) groups is 2. The number of anilines is 1. The van der Waals surface area contributed by atoms with E-state index in [4.69, 9.17) is 4.74 Å². The minimum Gasteiger partial charge on any atom is -0.490 e. The number of benzene rings is 2. The summed E-state index contributed by atoms with van der Waals surface area (Å²) in [6.07, 6.45) is 0. The molecular weight excluding hydrogens is 468 g/mol. The molecule has 4 aromatic rings. The molecule has 0 atom stereocenters. The van der Waals surface area contributed by atoms with Crippen LogP contribution in [0, 0.1) is 6.92 Å². The van der Waals surface area contributed by atoms with Gasteiger partial charge in [-0.2, -0.15) is 0 Å². The Kier molecular flexibility index (Phi) is 5.73. The van der Waals surface area contributed by atoms with Crippen molar-refractivity contribution in [3.63, 3.8) is 0 Å². The summed E-state index contributed by atoms with van der Waals surface area (Å²) in [7, 11) is 1.48. The third-order valence-electron chi connectivity index (χ3n) is 5.94. The van der Waals surface area contributed by atoms with Crippen LogP contribution < -0.4 is 26.2 Å². The van der Waals surface area contributed by atoms with Crippen LogP contribution in [0.2, 0.25) is 0 Å². The van der Waals surface area contributed by atoms with E-state index in [2.05, 4.69) is 5.32 Å². The molecule has 0 fully saturated rings. The van der Waals surface area contributed by atoms with E-state index in [1.54, 1.807) is 40.6 Å². The summed E-state index contributed by atoms with van der Waals surface area (Å²) in [5, 5.41) is 4.44. The second-order valence-electron chi connectivity index (χ2n) is 8.11. The Balaban J connectivity index is 1.66. The van der Waals surface area contributed by atoms with E-state index in [0.717, 1.165) is 21.5 Å². The Morgan fingerprint density at radius 1 is 1.09 bits per heavy atom. The number of rotatable bonds is 4. The summed E-state index contributed by atoms with van der Waals surface area (Å²) in [5.74, 6) is -0.113. The first-order chi connectivity index (χ1) is 16.9. The maximum Gasteiger partial charge on any atom is 0.336 e. The van der Waals surface area contributed by atoms with E-state index in [1.807, 2.05) is 25.1 Å². The zero-order valence-electron chi connectivity index (χ0n) is 19.1. The quantitative estimate of drug-likeness (QED) is 0.473. The van der Waals surface area contributed by atoms with Crippen LogP contribution in [0.3, 0.4) is 0 Å². The topological polar surface area (TPSA) is 103 Å². The molecule has 2 amide bonds. The highest BCUT2D eigenvalue weighted by molar-refractivity contribution is 7.12. The average Bonchev–Trinajstić information content (AvgIpc) is 3.35. The van der Waals surface area contributed by atoms with Crippen molar-refractivity contribution in [2.75, 3.05) is 25.1 Å². The normalized spacial score (nSPS) is 12.8. The highest BCUT2D eigenvalue weighted by atomic mass is 32.1. The molecule has 0 bridgehead atoms. The minimum absolute atomic E-state index is 0.184. The molecule has 0 radical (unpaired) electrons. The summed E-state index contributed by atoms with van der Waals surface area (Å²) in [5.41, 5.74) is 0.910. The van der Waals surface area contributed by atoms with Crippen LogP contribution in [0.15, 0.2) is 63.5 Å². The number of hydrogen-bond donors (Lipinski definition) is 1. The molecule has 1 aliphatic heterocycles. The van der Waals surface area contributed by atoms with Crippen LogP contribution in [0.1, 0.15) is 15.2 Å². The van der Waals surface area contributed by atoms with Gasteiger partial charge >= 0.3 is 5.69 Å². The molecule has 10 heteroatoms. The van der Waals surface area contributed by atoms with Gasteiger partial charge in [-0.05, 0) is 48.2 Å². The van der Waals surface area contributed by atoms with Gasteiger partial charge in [0.1, 0.15) is 23.8 Å². The number of carbonyl (C=O) groups excluding carboxylic acids is 2. The van der Waals surface area contributed by atoms with Crippen LogP contribution in [0.5, 0.6) is 5.75 Å². The largest absolute Gasteiger partial charge is 0.490 e. The van der Waals surface area contributed by atoms with Crippen LogP contribution >= 0.6 is 11.3 Å². The number of thiophene rings is 1. The zero-order valence-corrected chi connectivity index (χ0v) is 19.9. The summed E-state index contributed by atoms with van der Waals surface area (Å²) in [6, 6.07) is 13.8. The lowest BCUT2D eigenvalue weighted by Gasteiger charge is -2.30. The van der Waals surface area contributed by atoms with Gasteiger partial charge < -0.3 is 15.0 Å². The Labute approximate surface area is 203 Å². The smallest absolute Gasteiger partial charge is 0.336 e. The summed E-state index contributed by atoms with van der Waals surface area (Å²) in [6.45, 7) is 2.32. The molecule has 5 rings (SSSR count). The van der Waals surface area contributed by atoms with Crippen molar-refractivity contribution >= 4 is 39.7 Å². The number of aryl methyl sites for hydroxylation is 1. The monoisotopic (exact) mass is 490 g/mol. The first-order valence-corrected chi connectivity index (χ1v) is 11.9. The number of para-hydroxylation sites is 1. The van der Waals surface area contributed by atoms with E-state index in [1.165, 1.54) is 11.6 Å². The second-order valence-corrected chi connectivity index (χ2v) is 9.02. The maximum absolute atomic E-state index is 13.7. The highest BCUT2D eigenvalue weighted by Gasteiger charge is 2.26. The molecule has 3 heterocycles. The lowest BCUT2D eigenvalue weighted by molar-refractivity contribution is -0.119. The third-order valence-corrected chi connectivity index (χ3v) is 6.84. The number of aromatic nitrogens is 2. The molecule has 0 aliphatic carbocycles. The number of nitrogens with one attached hydrogen (secondary N) is 1. The highest BCUT2D eigenvalue weighted by Crippen LogP contribution is 2.32. The second kappa shape index (κ2) is 8.88. The van der Waals surface area contributed by atoms with Gasteiger partial charge in [0, 0.05) is 7.05 Å². The van der Waals surface area contributed by atoms with E-state index >= 15 is 0 Å². The van der Waals surface area contributed by atoms with Crippen LogP contribution in [-0.4, -0.2) is 41.1 Å². The fraction of sp³-hybridized carbons (Fsp3) is 0.200. The minimum atomic E-state index is -0.691. The Morgan fingerprint density at radius 3 is 2.69 bits per heavy atom. The lowest BCUT2D eigenvalue weighted by Crippen LogP contribution is -2.45. The fourth-order valence-electron chi connectivity index (χ4n) is 4.26. The first kappa shape index (κ1) is 22.6. The number of nitrogens with zero attached hydrogens (tertiary/aromatic N) is 3. The third kappa shape index (κ3) is 3.81. The molecule has 1 N–H and O–H groups in total. The molecule has 0 saturated carbocycles. The van der Waals surface area contributed by atoms with Gasteiger partial charge in [0.25, 0.3) is 11.5 Å². The van der Waals surface area contributed by atoms with Gasteiger partial charge in [-0.3, -0.25) is 19.0 Å². The van der Waals surface area contributed by atoms with Crippen molar-refractivity contribution in [2.24, 2.45) is 0 Å². The number of hydrogen-bond acceptors (Lipinski definition) is 6. The Hall–Kier alpha value is -4.18. The number of amides is 2. The predicted molar refractivity (Wildman–Crippen MR) is 134 cm³/mol. The molecule has 0 spiro atoms. The van der Waals surface area contributed by atoms with E-state index in [0.29, 0.717) is 30.1 Å². The van der Waals surface area contributed by atoms with Gasteiger partial charge in [-0.15, -0.1) is 11.3 Å². The van der Waals surface area contributed by atoms with E-state index in [-0.39, 0.29) is 28.4 Å². The molecule has 0 saturated heterocycles. The molecular formula is C25H22N4O5S. The Morgan fingerprint density at radius 2 is 1.89 bits per heavy atom. The fourth-order valence-corrected chi connectivity index (χ4v) is 5.08. The van der Waals surface area contributed by atoms with Crippen molar-refractivity contribution < 1.29 is 14.3 Å². The zero-order chi connectivity index (χ0) is 24.7.